The van der Waals surface area contributed by atoms with Crippen LogP contribution in [0.2, 0.25) is 5.02 Å². The molecule has 0 saturated carbocycles. The van der Waals surface area contributed by atoms with Crippen molar-refractivity contribution < 1.29 is 12.8 Å². The van der Waals surface area contributed by atoms with Gasteiger partial charge in [-0.25, -0.2) is 27.8 Å². The Balaban J connectivity index is 1.50. The minimum Gasteiger partial charge on any atom is -0.369 e. The number of piperidine rings is 1. The molecule has 2 unspecified atom stereocenters. The molecule has 1 saturated heterocycles. The fourth-order valence-corrected chi connectivity index (χ4v) is 6.44. The smallest absolute Gasteiger partial charge is 0.214 e. The van der Waals surface area contributed by atoms with Gasteiger partial charge in [0.1, 0.15) is 11.6 Å². The van der Waals surface area contributed by atoms with Gasteiger partial charge < -0.3 is 10.6 Å². The quantitative estimate of drug-likeness (QED) is 0.533. The van der Waals surface area contributed by atoms with Gasteiger partial charge in [0, 0.05) is 43.3 Å². The molecule has 2 atom stereocenters. The molecule has 174 valence electrons. The molecule has 4 heterocycles. The van der Waals surface area contributed by atoms with Crippen molar-refractivity contribution >= 4 is 44.9 Å². The zero-order valence-corrected chi connectivity index (χ0v) is 19.7. The normalized spacial score (nSPS) is 21.2. The van der Waals surface area contributed by atoms with Crippen molar-refractivity contribution in [2.24, 2.45) is 0 Å². The summed E-state index contributed by atoms with van der Waals surface area (Å²) in [6, 6.07) is 1.54. The maximum atomic E-state index is 14.5. The summed E-state index contributed by atoms with van der Waals surface area (Å²) >= 11 is 11.8. The lowest BCUT2D eigenvalue weighted by molar-refractivity contribution is 0.261. The predicted octanol–water partition coefficient (Wildman–Crippen LogP) is 3.45. The summed E-state index contributed by atoms with van der Waals surface area (Å²) in [4.78, 5) is 12.9. The van der Waals surface area contributed by atoms with Crippen molar-refractivity contribution in [3.05, 3.63) is 40.7 Å². The number of hydrogen-bond donors (Lipinski definition) is 2. The van der Waals surface area contributed by atoms with Gasteiger partial charge >= 0.3 is 0 Å². The van der Waals surface area contributed by atoms with Crippen LogP contribution in [-0.4, -0.2) is 65.0 Å². The number of fused-ring (bicyclic) bond motifs is 1. The van der Waals surface area contributed by atoms with E-state index in [1.165, 1.54) is 4.31 Å². The zero-order chi connectivity index (χ0) is 22.7. The Hall–Kier alpha value is -1.75. The van der Waals surface area contributed by atoms with E-state index in [0.717, 1.165) is 24.6 Å². The van der Waals surface area contributed by atoms with Crippen molar-refractivity contribution in [2.45, 2.75) is 37.6 Å². The number of halogens is 3. The van der Waals surface area contributed by atoms with Gasteiger partial charge in [0.25, 0.3) is 0 Å². The van der Waals surface area contributed by atoms with Crippen LogP contribution in [0.5, 0.6) is 0 Å². The highest BCUT2D eigenvalue weighted by molar-refractivity contribution is 7.89. The van der Waals surface area contributed by atoms with E-state index in [0.29, 0.717) is 48.5 Å². The summed E-state index contributed by atoms with van der Waals surface area (Å²) in [5.74, 6) is 0.730. The number of aromatic nitrogens is 3. The van der Waals surface area contributed by atoms with Gasteiger partial charge in [-0.1, -0.05) is 18.0 Å². The van der Waals surface area contributed by atoms with E-state index in [-0.39, 0.29) is 30.1 Å². The maximum Gasteiger partial charge on any atom is 0.214 e. The van der Waals surface area contributed by atoms with E-state index in [4.69, 9.17) is 23.2 Å². The summed E-state index contributed by atoms with van der Waals surface area (Å²) in [5.41, 5.74) is 0.860. The lowest BCUT2D eigenvalue weighted by Crippen LogP contribution is -2.48. The molecular formula is C20H25Cl2FN6O2S. The molecule has 1 fully saturated rings. The van der Waals surface area contributed by atoms with Gasteiger partial charge in [-0.3, -0.25) is 0 Å². The Morgan fingerprint density at radius 2 is 2.12 bits per heavy atom. The molecule has 0 amide bonds. The number of anilines is 2. The van der Waals surface area contributed by atoms with E-state index in [2.05, 4.69) is 25.6 Å². The van der Waals surface area contributed by atoms with Crippen LogP contribution in [0.4, 0.5) is 16.0 Å². The Morgan fingerprint density at radius 3 is 2.94 bits per heavy atom. The third-order valence-electron chi connectivity index (χ3n) is 5.78. The summed E-state index contributed by atoms with van der Waals surface area (Å²) in [5, 5.41) is 6.71. The molecule has 2 aromatic heterocycles. The second-order valence-electron chi connectivity index (χ2n) is 7.95. The van der Waals surface area contributed by atoms with Crippen LogP contribution in [0, 0.1) is 5.82 Å². The molecule has 0 bridgehead atoms. The van der Waals surface area contributed by atoms with Crippen molar-refractivity contribution in [3.8, 4) is 0 Å². The number of nitrogens with zero attached hydrogens (tertiary/aromatic N) is 4. The number of rotatable bonds is 8. The summed E-state index contributed by atoms with van der Waals surface area (Å²) in [7, 11) is -3.41. The third-order valence-corrected chi connectivity index (χ3v) is 8.25. The van der Waals surface area contributed by atoms with Gasteiger partial charge in [0.05, 0.1) is 22.9 Å². The third kappa shape index (κ3) is 5.08. The summed E-state index contributed by atoms with van der Waals surface area (Å²) < 4.78 is 41.5. The van der Waals surface area contributed by atoms with Crippen LogP contribution in [0.15, 0.2) is 18.5 Å². The second kappa shape index (κ2) is 10.0. The first-order valence-electron chi connectivity index (χ1n) is 10.6. The summed E-state index contributed by atoms with van der Waals surface area (Å²) in [6.45, 7) is 1.26. The molecule has 2 aliphatic heterocycles. The van der Waals surface area contributed by atoms with Gasteiger partial charge in [-0.05, 0) is 25.3 Å². The number of nitrogens with one attached hydrogen (secondary N) is 2. The Morgan fingerprint density at radius 1 is 1.28 bits per heavy atom. The predicted molar refractivity (Wildman–Crippen MR) is 124 cm³/mol. The molecule has 2 aromatic rings. The van der Waals surface area contributed by atoms with Crippen LogP contribution in [-0.2, 0) is 10.0 Å². The van der Waals surface area contributed by atoms with E-state index in [1.807, 2.05) is 0 Å². The van der Waals surface area contributed by atoms with Crippen molar-refractivity contribution in [1.29, 1.82) is 0 Å². The van der Waals surface area contributed by atoms with E-state index >= 15 is 0 Å². The Kier molecular flexibility index (Phi) is 7.34. The summed E-state index contributed by atoms with van der Waals surface area (Å²) in [6.07, 6.45) is 5.54. The van der Waals surface area contributed by atoms with Gasteiger partial charge in [-0.15, -0.1) is 11.6 Å². The molecule has 0 aliphatic carbocycles. The molecule has 0 aromatic carbocycles. The highest BCUT2D eigenvalue weighted by Gasteiger charge is 2.32. The average molecular weight is 503 g/mol. The largest absolute Gasteiger partial charge is 0.369 e. The van der Waals surface area contributed by atoms with Gasteiger partial charge in [-0.2, -0.15) is 4.31 Å². The fourth-order valence-electron chi connectivity index (χ4n) is 4.19. The minimum atomic E-state index is -3.41. The monoisotopic (exact) mass is 502 g/mol. The molecule has 12 heteroatoms. The first-order chi connectivity index (χ1) is 15.4. The van der Waals surface area contributed by atoms with Crippen molar-refractivity contribution in [3.63, 3.8) is 0 Å². The van der Waals surface area contributed by atoms with E-state index < -0.39 is 15.8 Å². The van der Waals surface area contributed by atoms with Crippen LogP contribution in [0.25, 0.3) is 0 Å². The first kappa shape index (κ1) is 23.4. The SMILES string of the molecule is O=S(=O)(CCCCl)N1CCCCC1CNc1nc(C2CNc3ncc(Cl)cc32)ncc1F. The minimum absolute atomic E-state index is 0.0176. The topological polar surface area (TPSA) is 100 Å². The van der Waals surface area contributed by atoms with Gasteiger partial charge in [0.2, 0.25) is 10.0 Å². The van der Waals surface area contributed by atoms with E-state index in [1.54, 1.807) is 12.3 Å². The lowest BCUT2D eigenvalue weighted by Gasteiger charge is -2.35. The molecular weight excluding hydrogens is 478 g/mol. The molecule has 2 N–H and O–H groups in total. The molecule has 4 rings (SSSR count). The average Bonchev–Trinajstić information content (AvgIpc) is 3.20. The van der Waals surface area contributed by atoms with Gasteiger partial charge in [0.15, 0.2) is 11.6 Å². The Bertz CT molecular complexity index is 1070. The fraction of sp³-hybridized carbons (Fsp3) is 0.550. The van der Waals surface area contributed by atoms with Crippen LogP contribution < -0.4 is 10.6 Å². The second-order valence-corrected chi connectivity index (χ2v) is 10.8. The number of sulfonamides is 1. The highest BCUT2D eigenvalue weighted by atomic mass is 35.5. The van der Waals surface area contributed by atoms with E-state index in [9.17, 15) is 12.8 Å². The Labute approximate surface area is 197 Å². The molecule has 0 radical (unpaired) electrons. The maximum absolute atomic E-state index is 14.5. The van der Waals surface area contributed by atoms with Crippen LogP contribution >= 0.6 is 23.2 Å². The van der Waals surface area contributed by atoms with Crippen LogP contribution in [0.1, 0.15) is 43.0 Å². The number of hydrogen-bond acceptors (Lipinski definition) is 7. The highest BCUT2D eigenvalue weighted by Crippen LogP contribution is 2.35. The van der Waals surface area contributed by atoms with Crippen molar-refractivity contribution in [1.82, 2.24) is 19.3 Å². The number of pyridine rings is 1. The standard InChI is InChI=1S/C20H25Cl2FN6O2S/c21-5-3-7-32(30,31)29-6-2-1-4-14(29)10-25-20-17(23)12-27-19(28-20)16-11-26-18-15(16)8-13(22)9-24-18/h8-9,12,14,16H,1-7,10-11H2,(H,24,26)(H,25,27,28). The zero-order valence-electron chi connectivity index (χ0n) is 17.4. The molecule has 32 heavy (non-hydrogen) atoms. The molecule has 0 spiro atoms. The lowest BCUT2D eigenvalue weighted by atomic mass is 10.0. The van der Waals surface area contributed by atoms with Crippen molar-refractivity contribution in [2.75, 3.05) is 41.9 Å². The molecule has 8 nitrogen and oxygen atoms in total. The number of alkyl halides is 1. The molecule has 2 aliphatic rings. The van der Waals surface area contributed by atoms with Crippen LogP contribution in [0.3, 0.4) is 0 Å². The first-order valence-corrected chi connectivity index (χ1v) is 13.1.